The molecule has 4 heteroatoms. The number of hydrogen-bond acceptors (Lipinski definition) is 2. The van der Waals surface area contributed by atoms with Crippen LogP contribution in [0.3, 0.4) is 0 Å². The van der Waals surface area contributed by atoms with Gasteiger partial charge in [-0.3, -0.25) is 4.79 Å². The summed E-state index contributed by atoms with van der Waals surface area (Å²) in [6.45, 7) is 6.17. The number of carbonyl (C=O) groups is 1. The Balaban J connectivity index is 2.59. The van der Waals surface area contributed by atoms with E-state index < -0.39 is 0 Å². The zero-order valence-corrected chi connectivity index (χ0v) is 11.8. The fourth-order valence-corrected chi connectivity index (χ4v) is 2.12. The van der Waals surface area contributed by atoms with Crippen molar-refractivity contribution in [2.45, 2.75) is 31.9 Å². The fraction of sp³-hybridized carbons (Fsp3) is 0.462. The van der Waals surface area contributed by atoms with Crippen LogP contribution < -0.4 is 0 Å². The van der Waals surface area contributed by atoms with Gasteiger partial charge in [0.1, 0.15) is 11.6 Å². The molecule has 94 valence electrons. The lowest BCUT2D eigenvalue weighted by Gasteiger charge is -2.16. The maximum absolute atomic E-state index is 13.0. The minimum Gasteiger partial charge on any atom is -0.298 e. The molecule has 0 aromatic heterocycles. The standard InChI is InChI=1S/C13H16ClFOS/c1-13(2,3)17-8-11(16)7-9-6-10(15)4-5-12(9)14/h4-6H,7-8H2,1-3H3. The van der Waals surface area contributed by atoms with Crippen molar-refractivity contribution in [1.29, 1.82) is 0 Å². The second kappa shape index (κ2) is 5.87. The number of carbonyl (C=O) groups excluding carboxylic acids is 1. The summed E-state index contributed by atoms with van der Waals surface area (Å²) < 4.78 is 13.1. The quantitative estimate of drug-likeness (QED) is 0.821. The number of Topliss-reactive ketones (excluding diaryl/α,β-unsaturated/α-hetero) is 1. The van der Waals surface area contributed by atoms with E-state index in [1.54, 1.807) is 11.8 Å². The average molecular weight is 275 g/mol. The highest BCUT2D eigenvalue weighted by Gasteiger charge is 2.14. The topological polar surface area (TPSA) is 17.1 Å². The highest BCUT2D eigenvalue weighted by molar-refractivity contribution is 8.01. The van der Waals surface area contributed by atoms with Crippen molar-refractivity contribution in [3.8, 4) is 0 Å². The third kappa shape index (κ3) is 5.55. The van der Waals surface area contributed by atoms with Crippen LogP contribution in [-0.4, -0.2) is 16.3 Å². The van der Waals surface area contributed by atoms with Gasteiger partial charge < -0.3 is 0 Å². The van der Waals surface area contributed by atoms with Crippen LogP contribution in [0.1, 0.15) is 26.3 Å². The smallest absolute Gasteiger partial charge is 0.147 e. The third-order valence-electron chi connectivity index (χ3n) is 2.06. The molecule has 0 unspecified atom stereocenters. The Morgan fingerprint density at radius 1 is 1.41 bits per heavy atom. The molecule has 0 aliphatic carbocycles. The molecule has 0 saturated carbocycles. The normalized spacial score (nSPS) is 11.6. The van der Waals surface area contributed by atoms with E-state index in [4.69, 9.17) is 11.6 Å². The summed E-state index contributed by atoms with van der Waals surface area (Å²) in [5.41, 5.74) is 0.561. The zero-order chi connectivity index (χ0) is 13.1. The lowest BCUT2D eigenvalue weighted by atomic mass is 10.1. The predicted molar refractivity (Wildman–Crippen MR) is 72.3 cm³/mol. The Bertz CT molecular complexity index is 412. The van der Waals surface area contributed by atoms with E-state index in [9.17, 15) is 9.18 Å². The van der Waals surface area contributed by atoms with Gasteiger partial charge >= 0.3 is 0 Å². The van der Waals surface area contributed by atoms with Crippen molar-refractivity contribution in [2.24, 2.45) is 0 Å². The van der Waals surface area contributed by atoms with Gasteiger partial charge in [-0.2, -0.15) is 0 Å². The number of hydrogen-bond donors (Lipinski definition) is 0. The van der Waals surface area contributed by atoms with Gasteiger partial charge in [0.25, 0.3) is 0 Å². The summed E-state index contributed by atoms with van der Waals surface area (Å²) in [5.74, 6) is 0.134. The second-order valence-electron chi connectivity index (χ2n) is 4.85. The molecule has 17 heavy (non-hydrogen) atoms. The summed E-state index contributed by atoms with van der Waals surface area (Å²) in [6, 6.07) is 4.10. The maximum atomic E-state index is 13.0. The molecule has 0 amide bonds. The molecule has 1 rings (SSSR count). The number of thioether (sulfide) groups is 1. The van der Waals surface area contributed by atoms with Crippen LogP contribution in [0.15, 0.2) is 18.2 Å². The largest absolute Gasteiger partial charge is 0.298 e. The van der Waals surface area contributed by atoms with Crippen LogP contribution >= 0.6 is 23.4 Å². The van der Waals surface area contributed by atoms with Crippen molar-refractivity contribution in [3.63, 3.8) is 0 Å². The first kappa shape index (κ1) is 14.5. The van der Waals surface area contributed by atoms with Crippen molar-refractivity contribution in [2.75, 3.05) is 5.75 Å². The van der Waals surface area contributed by atoms with Crippen LogP contribution in [0.5, 0.6) is 0 Å². The fourth-order valence-electron chi connectivity index (χ4n) is 1.24. The average Bonchev–Trinajstić information content (AvgIpc) is 2.20. The van der Waals surface area contributed by atoms with E-state index in [0.29, 0.717) is 16.3 Å². The van der Waals surface area contributed by atoms with Crippen LogP contribution in [0.4, 0.5) is 4.39 Å². The molecule has 1 nitrogen and oxygen atoms in total. The molecular formula is C13H16ClFOS. The lowest BCUT2D eigenvalue weighted by Crippen LogP contribution is -2.14. The Hall–Kier alpha value is -0.540. The summed E-state index contributed by atoms with van der Waals surface area (Å²) in [5, 5.41) is 0.445. The molecule has 0 atom stereocenters. The van der Waals surface area contributed by atoms with Gasteiger partial charge in [-0.25, -0.2) is 4.39 Å². The van der Waals surface area contributed by atoms with E-state index in [1.165, 1.54) is 18.2 Å². The minimum absolute atomic E-state index is 0.0569. The molecule has 0 bridgehead atoms. The second-order valence-corrected chi connectivity index (χ2v) is 7.06. The first-order valence-electron chi connectivity index (χ1n) is 5.37. The summed E-state index contributed by atoms with van der Waals surface area (Å²) >= 11 is 7.49. The number of halogens is 2. The Morgan fingerprint density at radius 3 is 2.65 bits per heavy atom. The van der Waals surface area contributed by atoms with Gasteiger partial charge in [0.15, 0.2) is 0 Å². The van der Waals surface area contributed by atoms with Gasteiger partial charge in [0.2, 0.25) is 0 Å². The van der Waals surface area contributed by atoms with Gasteiger partial charge in [-0.1, -0.05) is 32.4 Å². The van der Waals surface area contributed by atoms with Gasteiger partial charge in [0, 0.05) is 16.2 Å². The molecule has 0 aliphatic heterocycles. The van der Waals surface area contributed by atoms with Crippen LogP contribution in [-0.2, 0) is 11.2 Å². The molecule has 0 radical (unpaired) electrons. The third-order valence-corrected chi connectivity index (χ3v) is 3.76. The minimum atomic E-state index is -0.360. The zero-order valence-electron chi connectivity index (χ0n) is 10.2. The van der Waals surface area contributed by atoms with Crippen LogP contribution in [0.2, 0.25) is 5.02 Å². The van der Waals surface area contributed by atoms with Gasteiger partial charge in [-0.15, -0.1) is 11.8 Å². The van der Waals surface area contributed by atoms with Gasteiger partial charge in [-0.05, 0) is 23.8 Å². The number of benzene rings is 1. The monoisotopic (exact) mass is 274 g/mol. The van der Waals surface area contributed by atoms with Crippen molar-refractivity contribution in [1.82, 2.24) is 0 Å². The van der Waals surface area contributed by atoms with Crippen LogP contribution in [0, 0.1) is 5.82 Å². The SMILES string of the molecule is CC(C)(C)SCC(=O)Cc1cc(F)ccc1Cl. The Morgan fingerprint density at radius 2 is 2.06 bits per heavy atom. The van der Waals surface area contributed by atoms with E-state index in [2.05, 4.69) is 20.8 Å². The highest BCUT2D eigenvalue weighted by Crippen LogP contribution is 2.24. The van der Waals surface area contributed by atoms with E-state index in [-0.39, 0.29) is 22.8 Å². The summed E-state index contributed by atoms with van der Waals surface area (Å²) in [4.78, 5) is 11.7. The molecule has 1 aromatic rings. The molecule has 0 saturated heterocycles. The van der Waals surface area contributed by atoms with Gasteiger partial charge in [0.05, 0.1) is 5.75 Å². The maximum Gasteiger partial charge on any atom is 0.147 e. The van der Waals surface area contributed by atoms with E-state index >= 15 is 0 Å². The molecule has 1 aromatic carbocycles. The summed E-state index contributed by atoms with van der Waals surface area (Å²) in [6.07, 6.45) is 0.194. The molecular weight excluding hydrogens is 259 g/mol. The molecule has 0 aliphatic rings. The first-order chi connectivity index (χ1) is 7.78. The van der Waals surface area contributed by atoms with Crippen molar-refractivity contribution in [3.05, 3.63) is 34.6 Å². The summed E-state index contributed by atoms with van der Waals surface area (Å²) in [7, 11) is 0. The van der Waals surface area contributed by atoms with E-state index in [1.807, 2.05) is 0 Å². The van der Waals surface area contributed by atoms with Crippen LogP contribution in [0.25, 0.3) is 0 Å². The number of ketones is 1. The van der Waals surface area contributed by atoms with E-state index in [0.717, 1.165) is 0 Å². The molecule has 0 N–H and O–H groups in total. The molecule has 0 fully saturated rings. The lowest BCUT2D eigenvalue weighted by molar-refractivity contribution is -0.116. The Kier molecular flexibility index (Phi) is 5.02. The van der Waals surface area contributed by atoms with Crippen molar-refractivity contribution >= 4 is 29.1 Å². The Labute approximate surface area is 111 Å². The highest BCUT2D eigenvalue weighted by atomic mass is 35.5. The first-order valence-corrected chi connectivity index (χ1v) is 6.74. The number of rotatable bonds is 4. The van der Waals surface area contributed by atoms with Crippen molar-refractivity contribution < 1.29 is 9.18 Å². The predicted octanol–water partition coefficient (Wildman–Crippen LogP) is 4.12. The molecule has 0 spiro atoms. The molecule has 0 heterocycles.